The van der Waals surface area contributed by atoms with Crippen molar-refractivity contribution in [1.29, 1.82) is 0 Å². The molecule has 2 atom stereocenters. The van der Waals surface area contributed by atoms with Crippen LogP contribution in [0.1, 0.15) is 26.2 Å². The van der Waals surface area contributed by atoms with Crippen LogP contribution < -0.4 is 0 Å². The summed E-state index contributed by atoms with van der Waals surface area (Å²) in [5, 5.41) is 0. The minimum absolute atomic E-state index is 0.0276. The summed E-state index contributed by atoms with van der Waals surface area (Å²) in [6.45, 7) is 3.03. The van der Waals surface area contributed by atoms with Gasteiger partial charge < -0.3 is 9.64 Å². The molecule has 0 aliphatic carbocycles. The van der Waals surface area contributed by atoms with Crippen molar-refractivity contribution in [2.75, 3.05) is 13.2 Å². The first-order chi connectivity index (χ1) is 6.68. The van der Waals surface area contributed by atoms with Gasteiger partial charge in [0.2, 0.25) is 5.91 Å². The summed E-state index contributed by atoms with van der Waals surface area (Å²) >= 11 is 0. The normalized spacial score (nSPS) is 30.1. The summed E-state index contributed by atoms with van der Waals surface area (Å²) in [7, 11) is 0. The van der Waals surface area contributed by atoms with E-state index < -0.39 is 0 Å². The van der Waals surface area contributed by atoms with Gasteiger partial charge in [0.05, 0.1) is 25.1 Å². The van der Waals surface area contributed by atoms with E-state index in [-0.39, 0.29) is 36.8 Å². The smallest absolute Gasteiger partial charge is 0.230 e. The molecule has 0 N–H and O–H groups in total. The van der Waals surface area contributed by atoms with Crippen LogP contribution in [-0.2, 0) is 14.3 Å². The topological polar surface area (TPSA) is 46.6 Å². The lowest BCUT2D eigenvalue weighted by Crippen LogP contribution is -2.42. The van der Waals surface area contributed by atoms with Crippen LogP contribution in [0.25, 0.3) is 0 Å². The van der Waals surface area contributed by atoms with Gasteiger partial charge in [-0.1, -0.05) is 0 Å². The van der Waals surface area contributed by atoms with Crippen molar-refractivity contribution in [3.8, 4) is 0 Å². The lowest BCUT2D eigenvalue weighted by molar-refractivity contribution is -0.131. The molecule has 0 saturated carbocycles. The zero-order valence-corrected chi connectivity index (χ0v) is 8.36. The number of carbonyl (C=O) groups is 2. The van der Waals surface area contributed by atoms with Crippen molar-refractivity contribution >= 4 is 11.7 Å². The van der Waals surface area contributed by atoms with Gasteiger partial charge in [-0.25, -0.2) is 0 Å². The van der Waals surface area contributed by atoms with E-state index in [1.54, 1.807) is 4.90 Å². The molecule has 0 radical (unpaired) electrons. The van der Waals surface area contributed by atoms with Gasteiger partial charge in [-0.05, 0) is 19.8 Å². The lowest BCUT2D eigenvalue weighted by atomic mass is 10.1. The summed E-state index contributed by atoms with van der Waals surface area (Å²) < 4.78 is 5.51. The molecule has 4 heteroatoms. The fourth-order valence-corrected chi connectivity index (χ4v) is 2.16. The predicted molar refractivity (Wildman–Crippen MR) is 49.8 cm³/mol. The monoisotopic (exact) mass is 197 g/mol. The summed E-state index contributed by atoms with van der Waals surface area (Å²) in [4.78, 5) is 24.2. The second-order valence-corrected chi connectivity index (χ2v) is 4.03. The van der Waals surface area contributed by atoms with E-state index >= 15 is 0 Å². The van der Waals surface area contributed by atoms with Gasteiger partial charge in [0.15, 0.2) is 5.78 Å². The molecule has 2 unspecified atom stereocenters. The molecule has 1 amide bonds. The minimum Gasteiger partial charge on any atom is -0.376 e. The average Bonchev–Trinajstić information content (AvgIpc) is 2.73. The zero-order valence-electron chi connectivity index (χ0n) is 8.36. The van der Waals surface area contributed by atoms with Crippen LogP contribution >= 0.6 is 0 Å². The number of nitrogens with zero attached hydrogens (tertiary/aromatic N) is 1. The van der Waals surface area contributed by atoms with Crippen LogP contribution in [0.4, 0.5) is 0 Å². The Hall–Kier alpha value is -0.900. The number of Topliss-reactive ketones (excluding diaryl/α,β-unsaturated/α-hetero) is 1. The summed E-state index contributed by atoms with van der Waals surface area (Å²) in [6, 6.07) is 0.0523. The van der Waals surface area contributed by atoms with Crippen molar-refractivity contribution in [3.63, 3.8) is 0 Å². The quantitative estimate of drug-likeness (QED) is 0.600. The number of carbonyl (C=O) groups excluding carboxylic acids is 2. The zero-order chi connectivity index (χ0) is 10.1. The molecular weight excluding hydrogens is 182 g/mol. The van der Waals surface area contributed by atoms with Crippen LogP contribution in [0.5, 0.6) is 0 Å². The lowest BCUT2D eigenvalue weighted by Gasteiger charge is -2.27. The fourth-order valence-electron chi connectivity index (χ4n) is 2.16. The first-order valence-corrected chi connectivity index (χ1v) is 5.11. The molecule has 0 aromatic rings. The van der Waals surface area contributed by atoms with E-state index in [0.717, 1.165) is 19.4 Å². The Morgan fingerprint density at radius 1 is 1.50 bits per heavy atom. The predicted octanol–water partition coefficient (Wildman–Crippen LogP) is 0.355. The van der Waals surface area contributed by atoms with Gasteiger partial charge in [-0.2, -0.15) is 0 Å². The number of rotatable bonds is 2. The van der Waals surface area contributed by atoms with Gasteiger partial charge in [-0.3, -0.25) is 9.59 Å². The Morgan fingerprint density at radius 3 is 2.79 bits per heavy atom. The molecule has 0 bridgehead atoms. The molecule has 0 aromatic heterocycles. The molecule has 4 nitrogen and oxygen atoms in total. The number of likely N-dealkylation sites (tertiary alicyclic amines) is 1. The molecule has 78 valence electrons. The number of amides is 1. The highest BCUT2D eigenvalue weighted by molar-refractivity contribution is 6.05. The molecular formula is C10H15NO3. The first kappa shape index (κ1) is 9.65. The third-order valence-corrected chi connectivity index (χ3v) is 3.01. The minimum atomic E-state index is -0.0435. The maximum Gasteiger partial charge on any atom is 0.230 e. The van der Waals surface area contributed by atoms with Crippen LogP contribution in [0.3, 0.4) is 0 Å². The number of ketones is 1. The van der Waals surface area contributed by atoms with Crippen molar-refractivity contribution in [2.24, 2.45) is 0 Å². The Balaban J connectivity index is 1.99. The maximum atomic E-state index is 11.4. The molecule has 2 fully saturated rings. The molecule has 2 aliphatic rings. The van der Waals surface area contributed by atoms with E-state index in [1.165, 1.54) is 0 Å². The molecule has 2 saturated heterocycles. The number of hydrogen-bond donors (Lipinski definition) is 0. The fraction of sp³-hybridized carbons (Fsp3) is 0.800. The van der Waals surface area contributed by atoms with Crippen LogP contribution in [0.2, 0.25) is 0 Å². The van der Waals surface area contributed by atoms with E-state index in [4.69, 9.17) is 4.74 Å². The maximum absolute atomic E-state index is 11.4. The highest BCUT2D eigenvalue weighted by atomic mass is 16.5. The van der Waals surface area contributed by atoms with E-state index in [0.29, 0.717) is 0 Å². The Bertz CT molecular complexity index is 258. The molecule has 2 rings (SSSR count). The first-order valence-electron chi connectivity index (χ1n) is 5.11. The second kappa shape index (κ2) is 3.69. The Kier molecular flexibility index (Phi) is 2.54. The van der Waals surface area contributed by atoms with Crippen molar-refractivity contribution in [3.05, 3.63) is 0 Å². The SMILES string of the molecule is CC(C1CCCO1)N1CC(=O)CC1=O. The van der Waals surface area contributed by atoms with Gasteiger partial charge in [-0.15, -0.1) is 0 Å². The third-order valence-electron chi connectivity index (χ3n) is 3.01. The molecule has 2 heterocycles. The van der Waals surface area contributed by atoms with Crippen LogP contribution in [-0.4, -0.2) is 41.9 Å². The van der Waals surface area contributed by atoms with Gasteiger partial charge in [0, 0.05) is 6.61 Å². The molecule has 0 spiro atoms. The highest BCUT2D eigenvalue weighted by Crippen LogP contribution is 2.22. The molecule has 14 heavy (non-hydrogen) atoms. The summed E-state index contributed by atoms with van der Waals surface area (Å²) in [5.41, 5.74) is 0. The largest absolute Gasteiger partial charge is 0.376 e. The van der Waals surface area contributed by atoms with E-state index in [2.05, 4.69) is 0 Å². The Labute approximate surface area is 83.2 Å². The van der Waals surface area contributed by atoms with E-state index in [9.17, 15) is 9.59 Å². The highest BCUT2D eigenvalue weighted by Gasteiger charge is 2.35. The summed E-state index contributed by atoms with van der Waals surface area (Å²) in [5.74, 6) is -0.0159. The van der Waals surface area contributed by atoms with E-state index in [1.807, 2.05) is 6.92 Å². The van der Waals surface area contributed by atoms with Gasteiger partial charge >= 0.3 is 0 Å². The molecule has 2 aliphatic heterocycles. The second-order valence-electron chi connectivity index (χ2n) is 4.03. The van der Waals surface area contributed by atoms with Gasteiger partial charge in [0.1, 0.15) is 0 Å². The van der Waals surface area contributed by atoms with Gasteiger partial charge in [0.25, 0.3) is 0 Å². The van der Waals surface area contributed by atoms with Crippen LogP contribution in [0.15, 0.2) is 0 Å². The van der Waals surface area contributed by atoms with Crippen molar-refractivity contribution < 1.29 is 14.3 Å². The Morgan fingerprint density at radius 2 is 2.29 bits per heavy atom. The standard InChI is InChI=1S/C10H15NO3/c1-7(9-3-2-4-14-9)11-6-8(12)5-10(11)13/h7,9H,2-6H2,1H3. The third kappa shape index (κ3) is 1.66. The van der Waals surface area contributed by atoms with Crippen molar-refractivity contribution in [1.82, 2.24) is 4.90 Å². The number of ether oxygens (including phenoxy) is 1. The number of hydrogen-bond acceptors (Lipinski definition) is 3. The summed E-state index contributed by atoms with van der Waals surface area (Å²) in [6.07, 6.45) is 2.27. The van der Waals surface area contributed by atoms with Crippen molar-refractivity contribution in [2.45, 2.75) is 38.3 Å². The molecule has 0 aromatic carbocycles. The van der Waals surface area contributed by atoms with Crippen LogP contribution in [0, 0.1) is 0 Å². The average molecular weight is 197 g/mol.